The normalized spacial score (nSPS) is 12.8. The quantitative estimate of drug-likeness (QED) is 0.639. The highest BCUT2D eigenvalue weighted by Crippen LogP contribution is 2.30. The van der Waals surface area contributed by atoms with Crippen LogP contribution in [-0.2, 0) is 16.6 Å². The van der Waals surface area contributed by atoms with Crippen molar-refractivity contribution < 1.29 is 22.7 Å². The zero-order valence-corrected chi connectivity index (χ0v) is 17.8. The Labute approximate surface area is 181 Å². The lowest BCUT2D eigenvalue weighted by Gasteiger charge is -2.20. The summed E-state index contributed by atoms with van der Waals surface area (Å²) in [6.07, 6.45) is 0. The Hall–Kier alpha value is -3.52. The van der Waals surface area contributed by atoms with Crippen molar-refractivity contribution in [3.05, 3.63) is 83.9 Å². The van der Waals surface area contributed by atoms with Gasteiger partial charge in [0, 0.05) is 19.2 Å². The molecule has 0 aliphatic carbocycles. The molecule has 160 valence electrons. The number of nitrogens with zero attached hydrogens (tertiary/aromatic N) is 1. The Morgan fingerprint density at radius 2 is 1.68 bits per heavy atom. The first-order valence-electron chi connectivity index (χ1n) is 9.76. The molecule has 1 amide bonds. The molecule has 0 bridgehead atoms. The standard InChI is InChI=1S/C23H22N2O5S/c1-25(31(27,28)20-8-3-2-4-9-20)19-7-5-6-18(15-19)23(26)24-16-17-10-11-21-22(14-17)30-13-12-29-21/h2-11,14-15H,12-13,16H2,1H3,(H,24,26). The predicted molar refractivity (Wildman–Crippen MR) is 117 cm³/mol. The van der Waals surface area contributed by atoms with Gasteiger partial charge in [-0.05, 0) is 48.0 Å². The smallest absolute Gasteiger partial charge is 0.264 e. The van der Waals surface area contributed by atoms with Gasteiger partial charge >= 0.3 is 0 Å². The van der Waals surface area contributed by atoms with Gasteiger partial charge in [0.2, 0.25) is 0 Å². The average Bonchev–Trinajstić information content (AvgIpc) is 2.82. The maximum atomic E-state index is 12.8. The van der Waals surface area contributed by atoms with E-state index in [1.807, 2.05) is 18.2 Å². The summed E-state index contributed by atoms with van der Waals surface area (Å²) >= 11 is 0. The fraction of sp³-hybridized carbons (Fsp3) is 0.174. The maximum Gasteiger partial charge on any atom is 0.264 e. The zero-order chi connectivity index (χ0) is 21.8. The number of benzene rings is 3. The molecule has 3 aromatic rings. The van der Waals surface area contributed by atoms with E-state index in [1.54, 1.807) is 42.5 Å². The number of nitrogens with one attached hydrogen (secondary N) is 1. The Kier molecular flexibility index (Phi) is 5.81. The van der Waals surface area contributed by atoms with Gasteiger partial charge in [-0.15, -0.1) is 0 Å². The summed E-state index contributed by atoms with van der Waals surface area (Å²) in [7, 11) is -2.26. The van der Waals surface area contributed by atoms with Gasteiger partial charge in [0.05, 0.1) is 10.6 Å². The van der Waals surface area contributed by atoms with Crippen LogP contribution in [0.1, 0.15) is 15.9 Å². The van der Waals surface area contributed by atoms with Gasteiger partial charge < -0.3 is 14.8 Å². The first-order valence-corrected chi connectivity index (χ1v) is 11.2. The molecule has 1 aliphatic heterocycles. The van der Waals surface area contributed by atoms with Gasteiger partial charge in [-0.25, -0.2) is 8.42 Å². The molecule has 0 atom stereocenters. The van der Waals surface area contributed by atoms with Crippen LogP contribution in [0.25, 0.3) is 0 Å². The molecule has 7 nitrogen and oxygen atoms in total. The number of rotatable bonds is 6. The fourth-order valence-electron chi connectivity index (χ4n) is 3.21. The van der Waals surface area contributed by atoms with Crippen LogP contribution in [0.4, 0.5) is 5.69 Å². The van der Waals surface area contributed by atoms with E-state index in [2.05, 4.69) is 5.32 Å². The largest absolute Gasteiger partial charge is 0.486 e. The Morgan fingerprint density at radius 3 is 2.45 bits per heavy atom. The summed E-state index contributed by atoms with van der Waals surface area (Å²) in [5, 5.41) is 2.86. The van der Waals surface area contributed by atoms with Gasteiger partial charge in [0.25, 0.3) is 15.9 Å². The summed E-state index contributed by atoms with van der Waals surface area (Å²) in [4.78, 5) is 12.9. The van der Waals surface area contributed by atoms with E-state index < -0.39 is 10.0 Å². The zero-order valence-electron chi connectivity index (χ0n) is 16.9. The summed E-state index contributed by atoms with van der Waals surface area (Å²) in [5.74, 6) is 1.05. The Balaban J connectivity index is 1.47. The molecular weight excluding hydrogens is 416 g/mol. The summed E-state index contributed by atoms with van der Waals surface area (Å²) < 4.78 is 37.9. The second-order valence-electron chi connectivity index (χ2n) is 7.00. The number of hydrogen-bond donors (Lipinski definition) is 1. The van der Waals surface area contributed by atoms with Gasteiger partial charge in [0.15, 0.2) is 11.5 Å². The molecule has 4 rings (SSSR count). The monoisotopic (exact) mass is 438 g/mol. The first kappa shape index (κ1) is 20.7. The van der Waals surface area contributed by atoms with Crippen LogP contribution in [0.15, 0.2) is 77.7 Å². The van der Waals surface area contributed by atoms with E-state index in [0.717, 1.165) is 5.56 Å². The molecule has 0 spiro atoms. The molecular formula is C23H22N2O5S. The highest BCUT2D eigenvalue weighted by atomic mass is 32.2. The molecule has 0 fully saturated rings. The molecule has 8 heteroatoms. The van der Waals surface area contributed by atoms with Crippen molar-refractivity contribution in [2.75, 3.05) is 24.6 Å². The summed E-state index contributed by atoms with van der Waals surface area (Å²) in [6.45, 7) is 1.32. The van der Waals surface area contributed by atoms with Crippen molar-refractivity contribution >= 4 is 21.6 Å². The van der Waals surface area contributed by atoms with E-state index in [-0.39, 0.29) is 10.8 Å². The van der Waals surface area contributed by atoms with Crippen LogP contribution in [-0.4, -0.2) is 34.6 Å². The van der Waals surface area contributed by atoms with Crippen LogP contribution >= 0.6 is 0 Å². The lowest BCUT2D eigenvalue weighted by atomic mass is 10.1. The third-order valence-electron chi connectivity index (χ3n) is 4.93. The number of anilines is 1. The van der Waals surface area contributed by atoms with E-state index >= 15 is 0 Å². The van der Waals surface area contributed by atoms with Crippen molar-refractivity contribution in [1.29, 1.82) is 0 Å². The third kappa shape index (κ3) is 4.49. The van der Waals surface area contributed by atoms with Crippen LogP contribution < -0.4 is 19.1 Å². The number of carbonyl (C=O) groups excluding carboxylic acids is 1. The number of sulfonamides is 1. The molecule has 1 N–H and O–H groups in total. The molecule has 0 saturated heterocycles. The minimum Gasteiger partial charge on any atom is -0.486 e. The molecule has 3 aromatic carbocycles. The highest BCUT2D eigenvalue weighted by molar-refractivity contribution is 7.92. The van der Waals surface area contributed by atoms with Gasteiger partial charge in [-0.3, -0.25) is 9.10 Å². The number of carbonyl (C=O) groups is 1. The second kappa shape index (κ2) is 8.69. The number of ether oxygens (including phenoxy) is 2. The van der Waals surface area contributed by atoms with Crippen molar-refractivity contribution in [2.45, 2.75) is 11.4 Å². The molecule has 1 aliphatic rings. The summed E-state index contributed by atoms with van der Waals surface area (Å²) in [6, 6.07) is 20.2. The third-order valence-corrected chi connectivity index (χ3v) is 6.73. The molecule has 0 radical (unpaired) electrons. The van der Waals surface area contributed by atoms with Crippen LogP contribution in [0, 0.1) is 0 Å². The fourth-order valence-corrected chi connectivity index (χ4v) is 4.42. The topological polar surface area (TPSA) is 84.9 Å². The molecule has 1 heterocycles. The number of hydrogen-bond acceptors (Lipinski definition) is 5. The van der Waals surface area contributed by atoms with Crippen LogP contribution in [0.3, 0.4) is 0 Å². The highest BCUT2D eigenvalue weighted by Gasteiger charge is 2.21. The van der Waals surface area contributed by atoms with Crippen LogP contribution in [0.2, 0.25) is 0 Å². The Morgan fingerprint density at radius 1 is 0.935 bits per heavy atom. The van der Waals surface area contributed by atoms with Gasteiger partial charge in [0.1, 0.15) is 13.2 Å². The predicted octanol–water partition coefficient (Wildman–Crippen LogP) is 3.21. The number of fused-ring (bicyclic) bond motifs is 1. The molecule has 0 unspecified atom stereocenters. The van der Waals surface area contributed by atoms with Crippen molar-refractivity contribution in [2.24, 2.45) is 0 Å². The lowest BCUT2D eigenvalue weighted by molar-refractivity contribution is 0.0951. The van der Waals surface area contributed by atoms with E-state index in [9.17, 15) is 13.2 Å². The van der Waals surface area contributed by atoms with Crippen molar-refractivity contribution in [3.63, 3.8) is 0 Å². The minimum absolute atomic E-state index is 0.186. The van der Waals surface area contributed by atoms with E-state index in [1.165, 1.54) is 23.5 Å². The minimum atomic E-state index is -3.72. The molecule has 0 saturated carbocycles. The summed E-state index contributed by atoms with van der Waals surface area (Å²) in [5.41, 5.74) is 1.64. The Bertz CT molecular complexity index is 1200. The van der Waals surface area contributed by atoms with E-state index in [4.69, 9.17) is 9.47 Å². The van der Waals surface area contributed by atoms with Crippen molar-refractivity contribution in [3.8, 4) is 11.5 Å². The average molecular weight is 439 g/mol. The SMILES string of the molecule is CN(c1cccc(C(=O)NCc2ccc3c(c2)OCCO3)c1)S(=O)(=O)c1ccccc1. The number of amides is 1. The second-order valence-corrected chi connectivity index (χ2v) is 8.97. The molecule has 31 heavy (non-hydrogen) atoms. The lowest BCUT2D eigenvalue weighted by Crippen LogP contribution is -2.27. The van der Waals surface area contributed by atoms with Gasteiger partial charge in [-0.1, -0.05) is 30.3 Å². The van der Waals surface area contributed by atoms with Gasteiger partial charge in [-0.2, -0.15) is 0 Å². The van der Waals surface area contributed by atoms with Crippen LogP contribution in [0.5, 0.6) is 11.5 Å². The first-order chi connectivity index (χ1) is 14.9. The van der Waals surface area contributed by atoms with Crippen molar-refractivity contribution in [1.82, 2.24) is 5.32 Å². The van der Waals surface area contributed by atoms with E-state index in [0.29, 0.717) is 42.5 Å². The maximum absolute atomic E-state index is 12.8. The molecule has 0 aromatic heterocycles.